The summed E-state index contributed by atoms with van der Waals surface area (Å²) in [6.07, 6.45) is 4.92. The Balaban J connectivity index is 1.82. The molecule has 1 aliphatic heterocycles. The second-order valence-corrected chi connectivity index (χ2v) is 8.46. The van der Waals surface area contributed by atoms with Crippen LogP contribution in [-0.4, -0.2) is 41.0 Å². The SMILES string of the molecule is CCOc1ccc(C2/C(=C(/O)c3cccc(OCC)c3)C(=O)C(=O)N2C2CCCCC2)cc1. The van der Waals surface area contributed by atoms with E-state index in [9.17, 15) is 14.7 Å². The number of hydrogen-bond acceptors (Lipinski definition) is 5. The molecule has 0 aromatic heterocycles. The predicted octanol–water partition coefficient (Wildman–Crippen LogP) is 5.24. The molecule has 174 valence electrons. The number of hydrogen-bond donors (Lipinski definition) is 1. The molecule has 0 bridgehead atoms. The monoisotopic (exact) mass is 449 g/mol. The van der Waals surface area contributed by atoms with Crippen molar-refractivity contribution < 1.29 is 24.2 Å². The molecule has 0 radical (unpaired) electrons. The van der Waals surface area contributed by atoms with Gasteiger partial charge in [0, 0.05) is 11.6 Å². The van der Waals surface area contributed by atoms with Gasteiger partial charge >= 0.3 is 0 Å². The summed E-state index contributed by atoms with van der Waals surface area (Å²) in [5.41, 5.74) is 1.37. The lowest BCUT2D eigenvalue weighted by atomic mass is 9.91. The van der Waals surface area contributed by atoms with Crippen molar-refractivity contribution in [3.05, 3.63) is 65.2 Å². The van der Waals surface area contributed by atoms with Crippen LogP contribution >= 0.6 is 0 Å². The van der Waals surface area contributed by atoms with E-state index >= 15 is 0 Å². The highest BCUT2D eigenvalue weighted by atomic mass is 16.5. The Morgan fingerprint density at radius 2 is 1.61 bits per heavy atom. The van der Waals surface area contributed by atoms with E-state index in [0.29, 0.717) is 24.5 Å². The van der Waals surface area contributed by atoms with Crippen LogP contribution in [0.2, 0.25) is 0 Å². The lowest BCUT2D eigenvalue weighted by Crippen LogP contribution is -2.40. The fourth-order valence-electron chi connectivity index (χ4n) is 4.88. The Hall–Kier alpha value is -3.28. The topological polar surface area (TPSA) is 76.1 Å². The van der Waals surface area contributed by atoms with E-state index in [4.69, 9.17) is 9.47 Å². The first kappa shape index (κ1) is 22.9. The van der Waals surface area contributed by atoms with Gasteiger partial charge in [-0.05, 0) is 56.5 Å². The third-order valence-electron chi connectivity index (χ3n) is 6.37. The highest BCUT2D eigenvalue weighted by molar-refractivity contribution is 6.46. The van der Waals surface area contributed by atoms with Gasteiger partial charge < -0.3 is 19.5 Å². The molecule has 1 saturated heterocycles. The number of ketones is 1. The van der Waals surface area contributed by atoms with Crippen LogP contribution in [0.1, 0.15) is 63.1 Å². The second kappa shape index (κ2) is 10.1. The zero-order chi connectivity index (χ0) is 23.4. The second-order valence-electron chi connectivity index (χ2n) is 8.46. The van der Waals surface area contributed by atoms with Crippen molar-refractivity contribution in [3.63, 3.8) is 0 Å². The Bertz CT molecular complexity index is 1040. The number of benzene rings is 2. The zero-order valence-electron chi connectivity index (χ0n) is 19.3. The van der Waals surface area contributed by atoms with Crippen molar-refractivity contribution in [3.8, 4) is 11.5 Å². The molecule has 6 heteroatoms. The lowest BCUT2D eigenvalue weighted by Gasteiger charge is -2.35. The fourth-order valence-corrected chi connectivity index (χ4v) is 4.88. The predicted molar refractivity (Wildman–Crippen MR) is 126 cm³/mol. The van der Waals surface area contributed by atoms with E-state index in [1.54, 1.807) is 29.2 Å². The Morgan fingerprint density at radius 1 is 0.939 bits per heavy atom. The van der Waals surface area contributed by atoms with Gasteiger partial charge in [0.1, 0.15) is 17.3 Å². The van der Waals surface area contributed by atoms with Gasteiger partial charge in [-0.3, -0.25) is 9.59 Å². The Kier molecular flexibility index (Phi) is 7.02. The highest BCUT2D eigenvalue weighted by Crippen LogP contribution is 2.43. The van der Waals surface area contributed by atoms with Crippen molar-refractivity contribution in [2.24, 2.45) is 0 Å². The van der Waals surface area contributed by atoms with Crippen LogP contribution in [0.15, 0.2) is 54.1 Å². The maximum Gasteiger partial charge on any atom is 0.295 e. The van der Waals surface area contributed by atoms with Gasteiger partial charge in [-0.15, -0.1) is 0 Å². The number of Topliss-reactive ketones (excluding diaryl/α,β-unsaturated/α-hetero) is 1. The number of amides is 1. The summed E-state index contributed by atoms with van der Waals surface area (Å²) in [5, 5.41) is 11.3. The van der Waals surface area contributed by atoms with Crippen LogP contribution in [0.25, 0.3) is 5.76 Å². The molecule has 4 rings (SSSR count). The van der Waals surface area contributed by atoms with Gasteiger partial charge in [-0.1, -0.05) is 43.5 Å². The van der Waals surface area contributed by atoms with Gasteiger partial charge in [0.25, 0.3) is 11.7 Å². The van der Waals surface area contributed by atoms with Gasteiger partial charge in [0.2, 0.25) is 0 Å². The molecule has 2 aliphatic rings. The molecule has 2 aromatic carbocycles. The third kappa shape index (κ3) is 4.61. The normalized spacial score (nSPS) is 20.8. The number of rotatable bonds is 7. The summed E-state index contributed by atoms with van der Waals surface area (Å²) in [7, 11) is 0. The molecule has 2 fully saturated rings. The van der Waals surface area contributed by atoms with Crippen LogP contribution in [0.3, 0.4) is 0 Å². The standard InChI is InChI=1S/C27H31NO5/c1-3-32-21-15-13-18(14-16-21)24-23(25(29)19-9-8-12-22(17-19)33-4-2)26(30)27(31)28(24)20-10-6-5-7-11-20/h8-9,12-17,20,24,29H,3-7,10-11H2,1-2H3/b25-23-. The minimum atomic E-state index is -0.640. The first-order valence-electron chi connectivity index (χ1n) is 11.8. The van der Waals surface area contributed by atoms with Crippen LogP contribution in [0.4, 0.5) is 0 Å². The molecular formula is C27H31NO5. The van der Waals surface area contributed by atoms with Crippen LogP contribution in [-0.2, 0) is 9.59 Å². The van der Waals surface area contributed by atoms with Gasteiger partial charge in [0.05, 0.1) is 24.8 Å². The summed E-state index contributed by atoms with van der Waals surface area (Å²) in [6.45, 7) is 4.84. The molecule has 1 saturated carbocycles. The molecule has 33 heavy (non-hydrogen) atoms. The molecule has 1 N–H and O–H groups in total. The third-order valence-corrected chi connectivity index (χ3v) is 6.37. The van der Waals surface area contributed by atoms with Crippen LogP contribution < -0.4 is 9.47 Å². The summed E-state index contributed by atoms with van der Waals surface area (Å²) in [6, 6.07) is 13.8. The number of aliphatic hydroxyl groups is 1. The van der Waals surface area contributed by atoms with Gasteiger partial charge in [-0.2, -0.15) is 0 Å². The van der Waals surface area contributed by atoms with Gasteiger partial charge in [-0.25, -0.2) is 0 Å². The molecule has 2 aromatic rings. The van der Waals surface area contributed by atoms with E-state index in [1.807, 2.05) is 38.1 Å². The first-order valence-corrected chi connectivity index (χ1v) is 11.8. The summed E-state index contributed by atoms with van der Waals surface area (Å²) in [4.78, 5) is 28.2. The summed E-state index contributed by atoms with van der Waals surface area (Å²) in [5.74, 6) is -0.0323. The van der Waals surface area contributed by atoms with E-state index < -0.39 is 17.7 Å². The van der Waals surface area contributed by atoms with E-state index in [-0.39, 0.29) is 17.4 Å². The highest BCUT2D eigenvalue weighted by Gasteiger charge is 2.48. The maximum atomic E-state index is 13.3. The van der Waals surface area contributed by atoms with E-state index in [2.05, 4.69) is 0 Å². The molecule has 1 unspecified atom stereocenters. The number of ether oxygens (including phenoxy) is 2. The van der Waals surface area contributed by atoms with Crippen molar-refractivity contribution in [2.45, 2.75) is 58.0 Å². The van der Waals surface area contributed by atoms with E-state index in [0.717, 1.165) is 43.4 Å². The summed E-state index contributed by atoms with van der Waals surface area (Å²) >= 11 is 0. The summed E-state index contributed by atoms with van der Waals surface area (Å²) < 4.78 is 11.1. The van der Waals surface area contributed by atoms with Crippen molar-refractivity contribution in [2.75, 3.05) is 13.2 Å². The molecule has 6 nitrogen and oxygen atoms in total. The number of aliphatic hydroxyl groups excluding tert-OH is 1. The maximum absolute atomic E-state index is 13.3. The molecule has 0 spiro atoms. The molecule has 1 atom stereocenters. The largest absolute Gasteiger partial charge is 0.507 e. The zero-order valence-corrected chi connectivity index (χ0v) is 19.3. The first-order chi connectivity index (χ1) is 16.0. The fraction of sp³-hybridized carbons (Fsp3) is 0.407. The number of likely N-dealkylation sites (tertiary alicyclic amines) is 1. The molecular weight excluding hydrogens is 418 g/mol. The molecule has 1 heterocycles. The quantitative estimate of drug-likeness (QED) is 0.355. The minimum absolute atomic E-state index is 0.0215. The van der Waals surface area contributed by atoms with E-state index in [1.165, 1.54) is 0 Å². The lowest BCUT2D eigenvalue weighted by molar-refractivity contribution is -0.141. The van der Waals surface area contributed by atoms with Crippen molar-refractivity contribution in [1.82, 2.24) is 4.90 Å². The van der Waals surface area contributed by atoms with Crippen molar-refractivity contribution in [1.29, 1.82) is 0 Å². The van der Waals surface area contributed by atoms with Crippen molar-refractivity contribution >= 4 is 17.4 Å². The minimum Gasteiger partial charge on any atom is -0.507 e. The number of carbonyl (C=O) groups is 2. The average molecular weight is 450 g/mol. The van der Waals surface area contributed by atoms with Crippen LogP contribution in [0, 0.1) is 0 Å². The molecule has 1 aliphatic carbocycles. The number of nitrogens with zero attached hydrogens (tertiary/aromatic N) is 1. The number of carbonyl (C=O) groups excluding carboxylic acids is 2. The smallest absolute Gasteiger partial charge is 0.295 e. The Morgan fingerprint density at radius 3 is 2.27 bits per heavy atom. The molecule has 1 amide bonds. The Labute approximate surface area is 194 Å². The van der Waals surface area contributed by atoms with Crippen LogP contribution in [0.5, 0.6) is 11.5 Å². The van der Waals surface area contributed by atoms with Gasteiger partial charge in [0.15, 0.2) is 0 Å². The average Bonchev–Trinajstić information content (AvgIpc) is 3.11.